The molecule has 1 fully saturated rings. The van der Waals surface area contributed by atoms with Crippen molar-refractivity contribution in [2.75, 3.05) is 0 Å². The first kappa shape index (κ1) is 16.8. The van der Waals surface area contributed by atoms with Gasteiger partial charge in [0.2, 0.25) is 0 Å². The third-order valence-corrected chi connectivity index (χ3v) is 5.17. The number of ether oxygens (including phenoxy) is 1. The summed E-state index contributed by atoms with van der Waals surface area (Å²) in [6.45, 7) is 2.10. The van der Waals surface area contributed by atoms with E-state index >= 15 is 0 Å². The number of aryl methyl sites for hydroxylation is 1. The maximum Gasteiger partial charge on any atom is 0.198 e. The average molecular weight is 343 g/mol. The average Bonchev–Trinajstić information content (AvgIpc) is 2.70. The minimum atomic E-state index is 0.413. The highest BCUT2D eigenvalue weighted by atomic mass is 16.5. The summed E-state index contributed by atoms with van der Waals surface area (Å²) in [6.07, 6.45) is 6.18. The molecule has 0 saturated heterocycles. The van der Waals surface area contributed by atoms with E-state index in [1.165, 1.54) is 35.6 Å². The van der Waals surface area contributed by atoms with Crippen LogP contribution in [0.1, 0.15) is 37.7 Å². The highest BCUT2D eigenvalue weighted by Crippen LogP contribution is 2.29. The summed E-state index contributed by atoms with van der Waals surface area (Å²) in [5.41, 5.74) is 2.22. The predicted molar refractivity (Wildman–Crippen MR) is 109 cm³/mol. The van der Waals surface area contributed by atoms with Crippen molar-refractivity contribution < 1.29 is 4.74 Å². The van der Waals surface area contributed by atoms with E-state index in [1.54, 1.807) is 0 Å². The number of hydrogen-bond acceptors (Lipinski definition) is 2. The van der Waals surface area contributed by atoms with Gasteiger partial charge in [-0.2, -0.15) is 0 Å². The SMILES string of the molecule is Cc1ccc(N=C(Oc2ccc3ccccc3c2)C2CCCCC2)cc1. The first-order valence-electron chi connectivity index (χ1n) is 9.60. The molecule has 0 atom stereocenters. The van der Waals surface area contributed by atoms with Crippen molar-refractivity contribution in [3.8, 4) is 5.75 Å². The van der Waals surface area contributed by atoms with Gasteiger partial charge < -0.3 is 4.74 Å². The zero-order valence-electron chi connectivity index (χ0n) is 15.3. The van der Waals surface area contributed by atoms with Crippen LogP contribution in [0.3, 0.4) is 0 Å². The lowest BCUT2D eigenvalue weighted by molar-refractivity contribution is 0.387. The summed E-state index contributed by atoms with van der Waals surface area (Å²) in [7, 11) is 0. The molecule has 26 heavy (non-hydrogen) atoms. The number of hydrogen-bond donors (Lipinski definition) is 0. The molecule has 3 aromatic rings. The monoisotopic (exact) mass is 343 g/mol. The Morgan fingerprint density at radius 3 is 2.35 bits per heavy atom. The molecule has 2 nitrogen and oxygen atoms in total. The summed E-state index contributed by atoms with van der Waals surface area (Å²) in [5, 5.41) is 2.43. The molecular formula is C24H25NO. The topological polar surface area (TPSA) is 21.6 Å². The number of benzene rings is 3. The summed E-state index contributed by atoms with van der Waals surface area (Å²) in [6, 6.07) is 23.0. The van der Waals surface area contributed by atoms with E-state index in [2.05, 4.69) is 73.7 Å². The lowest BCUT2D eigenvalue weighted by Gasteiger charge is -2.23. The second-order valence-electron chi connectivity index (χ2n) is 7.23. The highest BCUT2D eigenvalue weighted by molar-refractivity contribution is 5.87. The first-order chi connectivity index (χ1) is 12.8. The van der Waals surface area contributed by atoms with Gasteiger partial charge in [0.15, 0.2) is 5.90 Å². The van der Waals surface area contributed by atoms with E-state index in [0.29, 0.717) is 5.92 Å². The van der Waals surface area contributed by atoms with Gasteiger partial charge in [0, 0.05) is 5.92 Å². The molecular weight excluding hydrogens is 318 g/mol. The van der Waals surface area contributed by atoms with Gasteiger partial charge in [-0.3, -0.25) is 0 Å². The molecule has 0 aromatic heterocycles. The Bertz CT molecular complexity index is 905. The smallest absolute Gasteiger partial charge is 0.198 e. The predicted octanol–water partition coefficient (Wildman–Crippen LogP) is 6.84. The Hall–Kier alpha value is -2.61. The third kappa shape index (κ3) is 3.96. The Balaban J connectivity index is 1.65. The molecule has 0 N–H and O–H groups in total. The normalized spacial score (nSPS) is 16.0. The summed E-state index contributed by atoms with van der Waals surface area (Å²) in [5.74, 6) is 2.15. The largest absolute Gasteiger partial charge is 0.443 e. The molecule has 4 rings (SSSR count). The Morgan fingerprint density at radius 1 is 0.846 bits per heavy atom. The molecule has 0 radical (unpaired) electrons. The van der Waals surface area contributed by atoms with Crippen LogP contribution in [-0.2, 0) is 0 Å². The van der Waals surface area contributed by atoms with Gasteiger partial charge in [0.1, 0.15) is 5.75 Å². The minimum Gasteiger partial charge on any atom is -0.443 e. The molecule has 0 bridgehead atoms. The second-order valence-corrected chi connectivity index (χ2v) is 7.23. The Kier molecular flexibility index (Phi) is 5.01. The maximum atomic E-state index is 6.35. The van der Waals surface area contributed by atoms with Gasteiger partial charge in [0.25, 0.3) is 0 Å². The van der Waals surface area contributed by atoms with Crippen molar-refractivity contribution in [1.82, 2.24) is 0 Å². The molecule has 0 heterocycles. The van der Waals surface area contributed by atoms with Crippen molar-refractivity contribution in [2.45, 2.75) is 39.0 Å². The maximum absolute atomic E-state index is 6.35. The quantitative estimate of drug-likeness (QED) is 0.377. The summed E-state index contributed by atoms with van der Waals surface area (Å²) in [4.78, 5) is 4.89. The van der Waals surface area contributed by atoms with Gasteiger partial charge in [-0.05, 0) is 54.8 Å². The van der Waals surface area contributed by atoms with Crippen LogP contribution in [0.25, 0.3) is 10.8 Å². The minimum absolute atomic E-state index is 0.413. The van der Waals surface area contributed by atoms with E-state index < -0.39 is 0 Å². The van der Waals surface area contributed by atoms with Crippen LogP contribution in [0.15, 0.2) is 71.7 Å². The van der Waals surface area contributed by atoms with Crippen LogP contribution in [0.5, 0.6) is 5.75 Å². The standard InChI is InChI=1S/C24H25NO/c1-18-11-14-22(15-12-18)25-24(20-8-3-2-4-9-20)26-23-16-13-19-7-5-6-10-21(19)17-23/h5-7,10-17,20H,2-4,8-9H2,1H3. The van der Waals surface area contributed by atoms with Crippen LogP contribution in [0.4, 0.5) is 5.69 Å². The number of aliphatic imine (C=N–C) groups is 1. The second kappa shape index (κ2) is 7.74. The molecule has 2 heteroatoms. The fourth-order valence-electron chi connectivity index (χ4n) is 3.65. The molecule has 0 amide bonds. The number of nitrogens with zero attached hydrogens (tertiary/aromatic N) is 1. The summed E-state index contributed by atoms with van der Waals surface area (Å²) < 4.78 is 6.35. The van der Waals surface area contributed by atoms with E-state index in [4.69, 9.17) is 9.73 Å². The molecule has 0 spiro atoms. The first-order valence-corrected chi connectivity index (χ1v) is 9.60. The van der Waals surface area contributed by atoms with Crippen LogP contribution in [0.2, 0.25) is 0 Å². The highest BCUT2D eigenvalue weighted by Gasteiger charge is 2.21. The fraction of sp³-hybridized carbons (Fsp3) is 0.292. The molecule has 1 saturated carbocycles. The fourth-order valence-corrected chi connectivity index (χ4v) is 3.65. The van der Waals surface area contributed by atoms with Gasteiger partial charge in [0.05, 0.1) is 5.69 Å². The van der Waals surface area contributed by atoms with E-state index in [0.717, 1.165) is 30.2 Å². The molecule has 0 unspecified atom stereocenters. The van der Waals surface area contributed by atoms with Crippen LogP contribution < -0.4 is 4.74 Å². The van der Waals surface area contributed by atoms with Crippen LogP contribution in [0, 0.1) is 12.8 Å². The zero-order valence-corrected chi connectivity index (χ0v) is 15.3. The molecule has 3 aromatic carbocycles. The van der Waals surface area contributed by atoms with Crippen molar-refractivity contribution in [3.05, 3.63) is 72.3 Å². The van der Waals surface area contributed by atoms with Gasteiger partial charge >= 0.3 is 0 Å². The Morgan fingerprint density at radius 2 is 1.58 bits per heavy atom. The number of rotatable bonds is 3. The van der Waals surface area contributed by atoms with Crippen LogP contribution in [-0.4, -0.2) is 5.90 Å². The van der Waals surface area contributed by atoms with Gasteiger partial charge in [-0.1, -0.05) is 67.3 Å². The third-order valence-electron chi connectivity index (χ3n) is 5.17. The van der Waals surface area contributed by atoms with Crippen molar-refractivity contribution in [3.63, 3.8) is 0 Å². The number of fused-ring (bicyclic) bond motifs is 1. The molecule has 1 aliphatic rings. The van der Waals surface area contributed by atoms with Gasteiger partial charge in [-0.15, -0.1) is 0 Å². The van der Waals surface area contributed by atoms with Gasteiger partial charge in [-0.25, -0.2) is 4.99 Å². The Labute approximate surface area is 155 Å². The van der Waals surface area contributed by atoms with Crippen molar-refractivity contribution in [1.29, 1.82) is 0 Å². The molecule has 0 aliphatic heterocycles. The summed E-state index contributed by atoms with van der Waals surface area (Å²) >= 11 is 0. The molecule has 132 valence electrons. The van der Waals surface area contributed by atoms with Crippen molar-refractivity contribution >= 4 is 22.4 Å². The van der Waals surface area contributed by atoms with E-state index in [-0.39, 0.29) is 0 Å². The van der Waals surface area contributed by atoms with Crippen LogP contribution >= 0.6 is 0 Å². The molecule has 1 aliphatic carbocycles. The zero-order chi connectivity index (χ0) is 17.8. The van der Waals surface area contributed by atoms with E-state index in [1.807, 2.05) is 0 Å². The lowest BCUT2D eigenvalue weighted by Crippen LogP contribution is -2.23. The van der Waals surface area contributed by atoms with E-state index in [9.17, 15) is 0 Å². The van der Waals surface area contributed by atoms with Crippen molar-refractivity contribution in [2.24, 2.45) is 10.9 Å². The lowest BCUT2D eigenvalue weighted by atomic mass is 9.89.